The number of benzene rings is 2. The largest absolute Gasteiger partial charge is 0.545 e. The standard InChI is InChI=1S/C20H22N2S.C4H4O4/c1-22(2)13-7-12-20(15-21)14-16-8-3-5-10-18(16)23-19-11-6-4-9-17(19)20;5-3(6)1-2-4(7)8/h3-6,8-11H,7,12-14H2,1-2H3;1-2H,(H,5,6)(H,7,8)/b;2-1-. The number of aliphatic carboxylic acids is 2. The minimum absolute atomic E-state index is 0.411. The fourth-order valence-electron chi connectivity index (χ4n) is 3.50. The van der Waals surface area contributed by atoms with E-state index in [1.54, 1.807) is 11.8 Å². The fraction of sp³-hybridized carbons (Fsp3) is 0.292. The van der Waals surface area contributed by atoms with E-state index in [9.17, 15) is 20.0 Å². The van der Waals surface area contributed by atoms with Crippen molar-refractivity contribution in [2.45, 2.75) is 34.5 Å². The van der Waals surface area contributed by atoms with Gasteiger partial charge in [-0.3, -0.25) is 0 Å². The maximum atomic E-state index is 10.1. The first kappa shape index (κ1) is 24.2. The van der Waals surface area contributed by atoms with Crippen LogP contribution in [0.25, 0.3) is 0 Å². The van der Waals surface area contributed by atoms with Crippen molar-refractivity contribution in [2.24, 2.45) is 0 Å². The number of rotatable bonds is 6. The molecule has 2 aromatic carbocycles. The van der Waals surface area contributed by atoms with Gasteiger partial charge in [0, 0.05) is 15.9 Å². The lowest BCUT2D eigenvalue weighted by Gasteiger charge is -2.27. The van der Waals surface area contributed by atoms with Crippen LogP contribution in [-0.2, 0) is 21.4 Å². The topological polar surface area (TPSA) is 106 Å². The van der Waals surface area contributed by atoms with Crippen molar-refractivity contribution in [3.63, 3.8) is 0 Å². The van der Waals surface area contributed by atoms with Crippen LogP contribution in [0, 0.1) is 11.3 Å². The predicted octanol–water partition coefficient (Wildman–Crippen LogP) is 1.46. The molecule has 2 aromatic rings. The molecule has 0 saturated carbocycles. The molecule has 31 heavy (non-hydrogen) atoms. The molecule has 6 nitrogen and oxygen atoms in total. The first-order chi connectivity index (χ1) is 14.8. The highest BCUT2D eigenvalue weighted by atomic mass is 32.2. The van der Waals surface area contributed by atoms with E-state index in [1.165, 1.54) is 25.8 Å². The SMILES string of the molecule is C[NH+](C)CCCC1(C#N)Cc2ccccc2Sc2ccccc21.O=C([O-])/C=C\C(=O)O. The molecular weight excluding hydrogens is 412 g/mol. The van der Waals surface area contributed by atoms with Crippen LogP contribution >= 0.6 is 11.8 Å². The van der Waals surface area contributed by atoms with Gasteiger partial charge in [-0.2, -0.15) is 5.26 Å². The minimum Gasteiger partial charge on any atom is -0.545 e. The Morgan fingerprint density at radius 3 is 2.39 bits per heavy atom. The molecule has 0 aromatic heterocycles. The second-order valence-corrected chi connectivity index (χ2v) is 8.71. The number of carbonyl (C=O) groups is 2. The van der Waals surface area contributed by atoms with Gasteiger partial charge in [0.25, 0.3) is 0 Å². The molecule has 1 atom stereocenters. The van der Waals surface area contributed by atoms with E-state index in [0.29, 0.717) is 12.2 Å². The van der Waals surface area contributed by atoms with Gasteiger partial charge in [0.1, 0.15) is 0 Å². The van der Waals surface area contributed by atoms with Crippen LogP contribution in [0.1, 0.15) is 24.0 Å². The summed E-state index contributed by atoms with van der Waals surface area (Å²) in [6.45, 7) is 1.10. The molecule has 0 radical (unpaired) electrons. The summed E-state index contributed by atoms with van der Waals surface area (Å²) in [5.41, 5.74) is 2.09. The lowest BCUT2D eigenvalue weighted by molar-refractivity contribution is -0.858. The third-order valence-electron chi connectivity index (χ3n) is 4.94. The molecule has 0 bridgehead atoms. The molecule has 0 aliphatic carbocycles. The van der Waals surface area contributed by atoms with Gasteiger partial charge in [-0.1, -0.05) is 48.2 Å². The zero-order valence-corrected chi connectivity index (χ0v) is 18.4. The van der Waals surface area contributed by atoms with E-state index in [2.05, 4.69) is 68.7 Å². The molecule has 1 aliphatic heterocycles. The van der Waals surface area contributed by atoms with Gasteiger partial charge in [0.2, 0.25) is 0 Å². The minimum atomic E-state index is -1.51. The van der Waals surface area contributed by atoms with Crippen LogP contribution < -0.4 is 10.0 Å². The molecular formula is C24H26N2O4S. The Kier molecular flexibility index (Phi) is 8.86. The van der Waals surface area contributed by atoms with Crippen LogP contribution in [0.5, 0.6) is 0 Å². The summed E-state index contributed by atoms with van der Waals surface area (Å²) in [7, 11) is 4.34. The number of hydrogen-bond donors (Lipinski definition) is 2. The summed E-state index contributed by atoms with van der Waals surface area (Å²) in [5, 5.41) is 27.4. The number of nitrogens with one attached hydrogen (secondary N) is 1. The van der Waals surface area contributed by atoms with Crippen molar-refractivity contribution in [3.05, 3.63) is 71.8 Å². The zero-order valence-electron chi connectivity index (χ0n) is 17.6. The fourth-order valence-corrected chi connectivity index (χ4v) is 4.68. The van der Waals surface area contributed by atoms with Crippen molar-refractivity contribution in [1.29, 1.82) is 5.26 Å². The van der Waals surface area contributed by atoms with E-state index < -0.39 is 17.4 Å². The molecule has 1 unspecified atom stereocenters. The van der Waals surface area contributed by atoms with Crippen molar-refractivity contribution in [1.82, 2.24) is 0 Å². The highest BCUT2D eigenvalue weighted by Crippen LogP contribution is 2.46. The number of nitrogens with zero attached hydrogens (tertiary/aromatic N) is 1. The van der Waals surface area contributed by atoms with Crippen molar-refractivity contribution >= 4 is 23.7 Å². The number of carboxylic acids is 2. The van der Waals surface area contributed by atoms with Gasteiger partial charge in [-0.15, -0.1) is 0 Å². The van der Waals surface area contributed by atoms with Crippen molar-refractivity contribution < 1.29 is 24.7 Å². The second kappa shape index (κ2) is 11.3. The maximum Gasteiger partial charge on any atom is 0.328 e. The summed E-state index contributed by atoms with van der Waals surface area (Å²) in [6.07, 6.45) is 3.74. The first-order valence-electron chi connectivity index (χ1n) is 9.95. The summed E-state index contributed by atoms with van der Waals surface area (Å²) in [6, 6.07) is 19.7. The number of carbonyl (C=O) groups excluding carboxylic acids is 1. The van der Waals surface area contributed by atoms with Crippen molar-refractivity contribution in [2.75, 3.05) is 20.6 Å². The molecule has 0 fully saturated rings. The quantitative estimate of drug-likeness (QED) is 0.662. The van der Waals surface area contributed by atoms with Gasteiger partial charge in [0.15, 0.2) is 0 Å². The Balaban J connectivity index is 0.000000366. The number of fused-ring (bicyclic) bond motifs is 2. The van der Waals surface area contributed by atoms with Crippen LogP contribution in [0.3, 0.4) is 0 Å². The Morgan fingerprint density at radius 1 is 1.16 bits per heavy atom. The third kappa shape index (κ3) is 6.99. The van der Waals surface area contributed by atoms with Crippen LogP contribution in [0.15, 0.2) is 70.5 Å². The predicted molar refractivity (Wildman–Crippen MR) is 117 cm³/mol. The Labute approximate surface area is 186 Å². The van der Waals surface area contributed by atoms with E-state index in [1.807, 2.05) is 0 Å². The molecule has 0 saturated heterocycles. The van der Waals surface area contributed by atoms with Crippen LogP contribution in [0.2, 0.25) is 0 Å². The number of carboxylic acid groups (broad SMARTS) is 2. The Bertz CT molecular complexity index is 981. The second-order valence-electron chi connectivity index (χ2n) is 7.63. The third-order valence-corrected chi connectivity index (χ3v) is 6.14. The average Bonchev–Trinajstić information content (AvgIpc) is 2.87. The first-order valence-corrected chi connectivity index (χ1v) is 10.8. The molecule has 1 heterocycles. The van der Waals surface area contributed by atoms with E-state index in [0.717, 1.165) is 25.8 Å². The number of nitriles is 1. The normalized spacial score (nSPS) is 17.0. The highest BCUT2D eigenvalue weighted by Gasteiger charge is 2.37. The van der Waals surface area contributed by atoms with E-state index >= 15 is 0 Å². The average molecular weight is 439 g/mol. The maximum absolute atomic E-state index is 10.1. The lowest BCUT2D eigenvalue weighted by atomic mass is 9.73. The van der Waals surface area contributed by atoms with Gasteiger partial charge in [-0.05, 0) is 48.6 Å². The molecule has 7 heteroatoms. The molecule has 162 valence electrons. The number of quaternary nitrogens is 1. The smallest absolute Gasteiger partial charge is 0.328 e. The molecule has 1 aliphatic rings. The molecule has 2 N–H and O–H groups in total. The van der Waals surface area contributed by atoms with Gasteiger partial charge >= 0.3 is 5.97 Å². The number of hydrogen-bond acceptors (Lipinski definition) is 5. The summed E-state index contributed by atoms with van der Waals surface area (Å²) < 4.78 is 0. The molecule has 0 amide bonds. The summed E-state index contributed by atoms with van der Waals surface area (Å²) in [5.74, 6) is -2.80. The van der Waals surface area contributed by atoms with Crippen LogP contribution in [0.4, 0.5) is 0 Å². The van der Waals surface area contributed by atoms with Gasteiger partial charge in [0.05, 0.1) is 38.1 Å². The molecule has 0 spiro atoms. The van der Waals surface area contributed by atoms with Gasteiger partial charge < -0.3 is 19.9 Å². The van der Waals surface area contributed by atoms with E-state index in [4.69, 9.17) is 5.11 Å². The van der Waals surface area contributed by atoms with Crippen molar-refractivity contribution in [3.8, 4) is 6.07 Å². The highest BCUT2D eigenvalue weighted by molar-refractivity contribution is 7.99. The lowest BCUT2D eigenvalue weighted by Crippen LogP contribution is -3.05. The van der Waals surface area contributed by atoms with E-state index in [-0.39, 0.29) is 0 Å². The monoisotopic (exact) mass is 438 g/mol. The zero-order chi connectivity index (χ0) is 22.9. The Hall–Kier alpha value is -3.08. The molecule has 3 rings (SSSR count). The summed E-state index contributed by atoms with van der Waals surface area (Å²) in [4.78, 5) is 22.9. The van der Waals surface area contributed by atoms with Gasteiger partial charge in [-0.25, -0.2) is 4.79 Å². The summed E-state index contributed by atoms with van der Waals surface area (Å²) >= 11 is 1.80. The van der Waals surface area contributed by atoms with Crippen LogP contribution in [-0.4, -0.2) is 37.7 Å². The Morgan fingerprint density at radius 2 is 1.81 bits per heavy atom.